The van der Waals surface area contributed by atoms with Gasteiger partial charge in [-0.25, -0.2) is 18.0 Å². The third kappa shape index (κ3) is 3.57. The SMILES string of the molecule is COC(=O)c1ccc(C(=O)OC)c(S(=O)(=O)N2C[C@H]3CNC[C@H]3C2)c1.Cl. The van der Waals surface area contributed by atoms with E-state index in [0.29, 0.717) is 13.1 Å². The number of rotatable bonds is 4. The Hall–Kier alpha value is -1.68. The highest BCUT2D eigenvalue weighted by atomic mass is 35.5. The molecule has 2 atom stereocenters. The fraction of sp³-hybridized carbons (Fsp3) is 0.500. The molecule has 0 radical (unpaired) electrons. The molecule has 10 heteroatoms. The smallest absolute Gasteiger partial charge is 0.339 e. The Morgan fingerprint density at radius 2 is 1.65 bits per heavy atom. The molecule has 1 aromatic rings. The lowest BCUT2D eigenvalue weighted by atomic mass is 10.0. The number of esters is 2. The minimum Gasteiger partial charge on any atom is -0.465 e. The fourth-order valence-electron chi connectivity index (χ4n) is 3.41. The van der Waals surface area contributed by atoms with E-state index in [-0.39, 0.29) is 40.3 Å². The van der Waals surface area contributed by atoms with E-state index >= 15 is 0 Å². The summed E-state index contributed by atoms with van der Waals surface area (Å²) >= 11 is 0. The second-order valence-electron chi connectivity index (χ2n) is 6.19. The van der Waals surface area contributed by atoms with Crippen molar-refractivity contribution >= 4 is 34.4 Å². The molecule has 2 aliphatic heterocycles. The van der Waals surface area contributed by atoms with E-state index in [1.54, 1.807) is 0 Å². The normalized spacial score (nSPS) is 22.4. The maximum absolute atomic E-state index is 13.1. The number of sulfonamides is 1. The Kier molecular flexibility index (Phi) is 6.28. The Balaban J connectivity index is 0.00000243. The van der Waals surface area contributed by atoms with Crippen molar-refractivity contribution in [3.8, 4) is 0 Å². The topological polar surface area (TPSA) is 102 Å². The number of methoxy groups -OCH3 is 2. The van der Waals surface area contributed by atoms with Gasteiger partial charge in [0.05, 0.1) is 30.2 Å². The molecule has 0 aliphatic carbocycles. The first-order chi connectivity index (χ1) is 11.9. The summed E-state index contributed by atoms with van der Waals surface area (Å²) in [6.07, 6.45) is 0. The summed E-state index contributed by atoms with van der Waals surface area (Å²) in [6, 6.07) is 3.81. The Morgan fingerprint density at radius 1 is 1.08 bits per heavy atom. The highest BCUT2D eigenvalue weighted by Crippen LogP contribution is 2.32. The van der Waals surface area contributed by atoms with Crippen LogP contribution in [-0.4, -0.2) is 65.1 Å². The van der Waals surface area contributed by atoms with Crippen LogP contribution in [0.5, 0.6) is 0 Å². The molecule has 0 amide bonds. The van der Waals surface area contributed by atoms with Gasteiger partial charge in [-0.05, 0) is 43.1 Å². The lowest BCUT2D eigenvalue weighted by Crippen LogP contribution is -2.33. The highest BCUT2D eigenvalue weighted by molar-refractivity contribution is 7.89. The molecule has 3 rings (SSSR count). The lowest BCUT2D eigenvalue weighted by molar-refractivity contribution is 0.0583. The molecule has 26 heavy (non-hydrogen) atoms. The number of carbonyl (C=O) groups is 2. The van der Waals surface area contributed by atoms with Gasteiger partial charge in [0.2, 0.25) is 10.0 Å². The summed E-state index contributed by atoms with van der Waals surface area (Å²) in [5.41, 5.74) is -0.0277. The Morgan fingerprint density at radius 3 is 2.19 bits per heavy atom. The van der Waals surface area contributed by atoms with Crippen LogP contribution in [-0.2, 0) is 19.5 Å². The van der Waals surface area contributed by atoms with Gasteiger partial charge in [-0.2, -0.15) is 4.31 Å². The van der Waals surface area contributed by atoms with Crippen molar-refractivity contribution in [3.05, 3.63) is 29.3 Å². The first kappa shape index (κ1) is 20.6. The zero-order chi connectivity index (χ0) is 18.2. The third-order valence-electron chi connectivity index (χ3n) is 4.78. The average molecular weight is 405 g/mol. The molecule has 1 aromatic carbocycles. The summed E-state index contributed by atoms with van der Waals surface area (Å²) in [7, 11) is -1.55. The second kappa shape index (κ2) is 7.91. The van der Waals surface area contributed by atoms with Gasteiger partial charge < -0.3 is 14.8 Å². The number of hydrogen-bond donors (Lipinski definition) is 1. The number of hydrogen-bond acceptors (Lipinski definition) is 7. The number of nitrogens with zero attached hydrogens (tertiary/aromatic N) is 1. The molecular weight excluding hydrogens is 384 g/mol. The monoisotopic (exact) mass is 404 g/mol. The molecule has 0 unspecified atom stereocenters. The van der Waals surface area contributed by atoms with Gasteiger partial charge in [0.25, 0.3) is 0 Å². The number of halogens is 1. The third-order valence-corrected chi connectivity index (χ3v) is 6.65. The number of carbonyl (C=O) groups excluding carboxylic acids is 2. The van der Waals surface area contributed by atoms with Gasteiger partial charge in [0.1, 0.15) is 0 Å². The molecule has 0 bridgehead atoms. The van der Waals surface area contributed by atoms with E-state index in [0.717, 1.165) is 13.1 Å². The molecule has 144 valence electrons. The fourth-order valence-corrected chi connectivity index (χ4v) is 5.17. The average Bonchev–Trinajstić information content (AvgIpc) is 3.22. The van der Waals surface area contributed by atoms with Crippen LogP contribution in [0.15, 0.2) is 23.1 Å². The van der Waals surface area contributed by atoms with E-state index in [2.05, 4.69) is 14.8 Å². The van der Waals surface area contributed by atoms with Crippen molar-refractivity contribution in [2.75, 3.05) is 40.4 Å². The van der Waals surface area contributed by atoms with E-state index in [1.807, 2.05) is 0 Å². The molecule has 0 aromatic heterocycles. The molecule has 1 N–H and O–H groups in total. The summed E-state index contributed by atoms with van der Waals surface area (Å²) in [4.78, 5) is 23.6. The Bertz CT molecular complexity index is 801. The number of nitrogens with one attached hydrogen (secondary N) is 1. The zero-order valence-electron chi connectivity index (χ0n) is 14.4. The first-order valence-electron chi connectivity index (χ1n) is 7.90. The molecule has 2 heterocycles. The standard InChI is InChI=1S/C16H20N2O6S.ClH/c1-23-15(19)10-3-4-13(16(20)24-2)14(5-10)25(21,22)18-8-11-6-17-7-12(11)9-18;/h3-5,11-12,17H,6-9H2,1-2H3;1H/t11-,12+;. The molecule has 2 aliphatic rings. The lowest BCUT2D eigenvalue weighted by Gasteiger charge is -2.19. The largest absolute Gasteiger partial charge is 0.465 e. The molecule has 2 saturated heterocycles. The van der Waals surface area contributed by atoms with E-state index in [1.165, 1.54) is 36.7 Å². The van der Waals surface area contributed by atoms with Crippen molar-refractivity contribution < 1.29 is 27.5 Å². The van der Waals surface area contributed by atoms with Crippen LogP contribution in [0.3, 0.4) is 0 Å². The van der Waals surface area contributed by atoms with Crippen molar-refractivity contribution in [1.29, 1.82) is 0 Å². The zero-order valence-corrected chi connectivity index (χ0v) is 16.1. The number of ether oxygens (including phenoxy) is 2. The number of benzene rings is 1. The first-order valence-corrected chi connectivity index (χ1v) is 9.34. The quantitative estimate of drug-likeness (QED) is 0.730. The molecular formula is C16H21ClN2O6S. The van der Waals surface area contributed by atoms with E-state index in [9.17, 15) is 18.0 Å². The summed E-state index contributed by atoms with van der Waals surface area (Å²) < 4.78 is 36.9. The Labute approximate surface area is 158 Å². The van der Waals surface area contributed by atoms with Gasteiger partial charge in [-0.1, -0.05) is 0 Å². The van der Waals surface area contributed by atoms with Crippen molar-refractivity contribution in [1.82, 2.24) is 9.62 Å². The van der Waals surface area contributed by atoms with Crippen LogP contribution in [0.4, 0.5) is 0 Å². The maximum atomic E-state index is 13.1. The molecule has 0 saturated carbocycles. The predicted octanol–water partition coefficient (Wildman–Crippen LogP) is 0.522. The van der Waals surface area contributed by atoms with Crippen LogP contribution in [0.2, 0.25) is 0 Å². The van der Waals surface area contributed by atoms with Crippen LogP contribution in [0.25, 0.3) is 0 Å². The molecule has 8 nitrogen and oxygen atoms in total. The van der Waals surface area contributed by atoms with E-state index in [4.69, 9.17) is 0 Å². The highest BCUT2D eigenvalue weighted by Gasteiger charge is 2.42. The summed E-state index contributed by atoms with van der Waals surface area (Å²) in [5.74, 6) is -0.910. The van der Waals surface area contributed by atoms with Gasteiger partial charge >= 0.3 is 11.9 Å². The molecule has 0 spiro atoms. The van der Waals surface area contributed by atoms with Crippen molar-refractivity contribution in [2.45, 2.75) is 4.90 Å². The van der Waals surface area contributed by atoms with E-state index < -0.39 is 22.0 Å². The van der Waals surface area contributed by atoms with Crippen LogP contribution >= 0.6 is 12.4 Å². The van der Waals surface area contributed by atoms with Crippen LogP contribution in [0.1, 0.15) is 20.7 Å². The predicted molar refractivity (Wildman–Crippen MR) is 95.0 cm³/mol. The minimum absolute atomic E-state index is 0. The van der Waals surface area contributed by atoms with Crippen molar-refractivity contribution in [2.24, 2.45) is 11.8 Å². The summed E-state index contributed by atoms with van der Waals surface area (Å²) in [6.45, 7) is 2.34. The van der Waals surface area contributed by atoms with Crippen LogP contribution < -0.4 is 5.32 Å². The minimum atomic E-state index is -3.93. The maximum Gasteiger partial charge on any atom is 0.339 e. The molecule has 2 fully saturated rings. The summed E-state index contributed by atoms with van der Waals surface area (Å²) in [5, 5.41) is 3.25. The van der Waals surface area contributed by atoms with Gasteiger partial charge in [0.15, 0.2) is 0 Å². The number of fused-ring (bicyclic) bond motifs is 1. The van der Waals surface area contributed by atoms with Gasteiger partial charge in [0, 0.05) is 13.1 Å². The van der Waals surface area contributed by atoms with Crippen LogP contribution in [0, 0.1) is 11.8 Å². The van der Waals surface area contributed by atoms with Crippen molar-refractivity contribution in [3.63, 3.8) is 0 Å². The van der Waals surface area contributed by atoms with Gasteiger partial charge in [-0.15, -0.1) is 12.4 Å². The van der Waals surface area contributed by atoms with Gasteiger partial charge in [-0.3, -0.25) is 0 Å². The second-order valence-corrected chi connectivity index (χ2v) is 8.10.